The lowest BCUT2D eigenvalue weighted by Gasteiger charge is -2.04. The van der Waals surface area contributed by atoms with Crippen LogP contribution in [-0.4, -0.2) is 10.8 Å². The predicted octanol–water partition coefficient (Wildman–Crippen LogP) is 3.05. The van der Waals surface area contributed by atoms with Crippen molar-refractivity contribution in [3.8, 4) is 0 Å². The van der Waals surface area contributed by atoms with Gasteiger partial charge in [-0.1, -0.05) is 0 Å². The number of non-ortho nitro benzene ring substituents is 1. The van der Waals surface area contributed by atoms with Crippen molar-refractivity contribution in [2.45, 2.75) is 0 Å². The average Bonchev–Trinajstić information content (AvgIpc) is 2.85. The highest BCUT2D eigenvalue weighted by Crippen LogP contribution is 2.22. The van der Waals surface area contributed by atoms with Crippen molar-refractivity contribution < 1.29 is 14.1 Å². The molecule has 0 saturated heterocycles. The molecule has 1 amide bonds. The Bertz CT molecular complexity index is 598. The summed E-state index contributed by atoms with van der Waals surface area (Å²) in [6.07, 6.45) is 0. The van der Waals surface area contributed by atoms with E-state index in [1.165, 1.54) is 11.3 Å². The molecule has 0 aliphatic heterocycles. The molecule has 1 N–H and O–H groups in total. The van der Waals surface area contributed by atoms with E-state index in [0.717, 1.165) is 18.2 Å². The number of nitrogens with zero attached hydrogens (tertiary/aromatic N) is 1. The van der Waals surface area contributed by atoms with Crippen molar-refractivity contribution in [1.29, 1.82) is 0 Å². The Balaban J connectivity index is 2.26. The zero-order valence-corrected chi connectivity index (χ0v) is 9.74. The van der Waals surface area contributed by atoms with Crippen molar-refractivity contribution >= 4 is 28.6 Å². The number of carbonyl (C=O) groups excluding carboxylic acids is 1. The molecule has 0 aliphatic rings. The van der Waals surface area contributed by atoms with Gasteiger partial charge in [-0.15, -0.1) is 0 Å². The van der Waals surface area contributed by atoms with Gasteiger partial charge in [-0.05, 0) is 17.5 Å². The van der Waals surface area contributed by atoms with Gasteiger partial charge in [0.2, 0.25) is 0 Å². The highest BCUT2D eigenvalue weighted by atomic mass is 32.1. The molecule has 0 atom stereocenters. The number of halogens is 1. The van der Waals surface area contributed by atoms with Gasteiger partial charge in [0.05, 0.1) is 16.2 Å². The molecule has 0 fully saturated rings. The summed E-state index contributed by atoms with van der Waals surface area (Å²) >= 11 is 1.33. The van der Waals surface area contributed by atoms with Gasteiger partial charge in [0.1, 0.15) is 5.82 Å². The van der Waals surface area contributed by atoms with Crippen LogP contribution in [0.4, 0.5) is 15.8 Å². The van der Waals surface area contributed by atoms with E-state index in [2.05, 4.69) is 5.32 Å². The fourth-order valence-corrected chi connectivity index (χ4v) is 1.95. The van der Waals surface area contributed by atoms with E-state index in [9.17, 15) is 19.3 Å². The summed E-state index contributed by atoms with van der Waals surface area (Å²) in [6.45, 7) is 0. The molecule has 0 aliphatic carbocycles. The Kier molecular flexibility index (Phi) is 3.33. The number of nitro benzene ring substituents is 1. The van der Waals surface area contributed by atoms with Gasteiger partial charge < -0.3 is 5.32 Å². The van der Waals surface area contributed by atoms with Gasteiger partial charge in [0, 0.05) is 17.5 Å². The monoisotopic (exact) mass is 266 g/mol. The van der Waals surface area contributed by atoms with Crippen LogP contribution in [0.1, 0.15) is 10.4 Å². The summed E-state index contributed by atoms with van der Waals surface area (Å²) < 4.78 is 13.4. The van der Waals surface area contributed by atoms with Crippen LogP contribution in [-0.2, 0) is 0 Å². The van der Waals surface area contributed by atoms with Crippen LogP contribution in [0.5, 0.6) is 0 Å². The summed E-state index contributed by atoms with van der Waals surface area (Å²) in [5, 5.41) is 16.2. The molecule has 1 aromatic carbocycles. The molecule has 0 unspecified atom stereocenters. The van der Waals surface area contributed by atoms with Crippen LogP contribution in [0.15, 0.2) is 35.0 Å². The molecule has 2 aromatic rings. The number of benzene rings is 1. The van der Waals surface area contributed by atoms with E-state index >= 15 is 0 Å². The first-order valence-electron chi connectivity index (χ1n) is 4.85. The molecule has 0 radical (unpaired) electrons. The van der Waals surface area contributed by atoms with Crippen LogP contribution >= 0.6 is 11.3 Å². The molecule has 5 nitrogen and oxygen atoms in total. The highest BCUT2D eigenvalue weighted by Gasteiger charge is 2.14. The van der Waals surface area contributed by atoms with Gasteiger partial charge in [0.25, 0.3) is 11.6 Å². The van der Waals surface area contributed by atoms with Crippen molar-refractivity contribution in [2.75, 3.05) is 5.32 Å². The molecule has 1 aromatic heterocycles. The third kappa shape index (κ3) is 2.51. The van der Waals surface area contributed by atoms with Gasteiger partial charge in [-0.25, -0.2) is 4.39 Å². The normalized spacial score (nSPS) is 10.1. The van der Waals surface area contributed by atoms with E-state index < -0.39 is 16.6 Å². The lowest BCUT2D eigenvalue weighted by atomic mass is 10.2. The number of carbonyl (C=O) groups is 1. The molecule has 0 bridgehead atoms. The minimum absolute atomic E-state index is 0.208. The van der Waals surface area contributed by atoms with Crippen LogP contribution < -0.4 is 5.32 Å². The predicted molar refractivity (Wildman–Crippen MR) is 65.3 cm³/mol. The Morgan fingerprint density at radius 2 is 2.17 bits per heavy atom. The zero-order valence-electron chi connectivity index (χ0n) is 8.92. The molecule has 1 heterocycles. The van der Waals surface area contributed by atoms with Crippen molar-refractivity contribution in [1.82, 2.24) is 0 Å². The molecule has 2 rings (SSSR count). The summed E-state index contributed by atoms with van der Waals surface area (Å²) in [7, 11) is 0. The number of amides is 1. The van der Waals surface area contributed by atoms with Crippen molar-refractivity contribution in [3.63, 3.8) is 0 Å². The smallest absolute Gasteiger partial charge is 0.271 e. The Labute approximate surface area is 105 Å². The number of nitro groups is 1. The zero-order chi connectivity index (χ0) is 13.1. The lowest BCUT2D eigenvalue weighted by molar-refractivity contribution is -0.384. The van der Waals surface area contributed by atoms with Crippen LogP contribution in [0.25, 0.3) is 0 Å². The second-order valence-electron chi connectivity index (χ2n) is 3.39. The van der Waals surface area contributed by atoms with E-state index in [1.54, 1.807) is 16.8 Å². The maximum Gasteiger partial charge on any atom is 0.271 e. The van der Waals surface area contributed by atoms with Crippen LogP contribution in [0.2, 0.25) is 0 Å². The van der Waals surface area contributed by atoms with Crippen molar-refractivity contribution in [3.05, 3.63) is 56.5 Å². The molecule has 92 valence electrons. The lowest BCUT2D eigenvalue weighted by Crippen LogP contribution is -2.12. The molecule has 0 spiro atoms. The van der Waals surface area contributed by atoms with E-state index in [4.69, 9.17) is 0 Å². The number of hydrogen-bond acceptors (Lipinski definition) is 4. The summed E-state index contributed by atoms with van der Waals surface area (Å²) in [6, 6.07) is 4.55. The largest absolute Gasteiger partial charge is 0.319 e. The van der Waals surface area contributed by atoms with Gasteiger partial charge in [-0.2, -0.15) is 11.3 Å². The Morgan fingerprint density at radius 1 is 1.39 bits per heavy atom. The van der Waals surface area contributed by atoms with Gasteiger partial charge >= 0.3 is 0 Å². The minimum atomic E-state index is -0.718. The first-order chi connectivity index (χ1) is 8.58. The summed E-state index contributed by atoms with van der Waals surface area (Å²) in [5.41, 5.74) is -0.108. The SMILES string of the molecule is O=C(Nc1cc([N+](=O)[O-])ccc1F)c1ccsc1. The summed E-state index contributed by atoms with van der Waals surface area (Å²) in [5.74, 6) is -1.22. The fraction of sp³-hybridized carbons (Fsp3) is 0. The van der Waals surface area contributed by atoms with Crippen LogP contribution in [0, 0.1) is 15.9 Å². The van der Waals surface area contributed by atoms with Gasteiger partial charge in [-0.3, -0.25) is 14.9 Å². The third-order valence-corrected chi connectivity index (χ3v) is 2.88. The molecule has 18 heavy (non-hydrogen) atoms. The third-order valence-electron chi connectivity index (χ3n) is 2.19. The maximum absolute atomic E-state index is 13.4. The maximum atomic E-state index is 13.4. The van der Waals surface area contributed by atoms with E-state index in [1.807, 2.05) is 0 Å². The van der Waals surface area contributed by atoms with E-state index in [-0.39, 0.29) is 11.4 Å². The van der Waals surface area contributed by atoms with Gasteiger partial charge in [0.15, 0.2) is 0 Å². The fourth-order valence-electron chi connectivity index (χ4n) is 1.31. The number of nitrogens with one attached hydrogen (secondary N) is 1. The summed E-state index contributed by atoms with van der Waals surface area (Å²) in [4.78, 5) is 21.6. The van der Waals surface area contributed by atoms with Crippen LogP contribution in [0.3, 0.4) is 0 Å². The van der Waals surface area contributed by atoms with E-state index in [0.29, 0.717) is 5.56 Å². The molecule has 0 saturated carbocycles. The standard InChI is InChI=1S/C11H7FN2O3S/c12-9-2-1-8(14(16)17)5-10(9)13-11(15)7-3-4-18-6-7/h1-6H,(H,13,15). The number of hydrogen-bond donors (Lipinski definition) is 1. The molecular formula is C11H7FN2O3S. The number of rotatable bonds is 3. The average molecular weight is 266 g/mol. The Hall–Kier alpha value is -2.28. The molecular weight excluding hydrogens is 259 g/mol. The van der Waals surface area contributed by atoms with Crippen molar-refractivity contribution in [2.24, 2.45) is 0 Å². The minimum Gasteiger partial charge on any atom is -0.319 e. The topological polar surface area (TPSA) is 72.2 Å². The molecule has 7 heteroatoms. The second-order valence-corrected chi connectivity index (χ2v) is 4.17. The first-order valence-corrected chi connectivity index (χ1v) is 5.79. The highest BCUT2D eigenvalue weighted by molar-refractivity contribution is 7.08. The number of thiophene rings is 1. The quantitative estimate of drug-likeness (QED) is 0.685. The first kappa shape index (κ1) is 12.2. The second kappa shape index (κ2) is 4.92. The number of anilines is 1. The Morgan fingerprint density at radius 3 is 2.78 bits per heavy atom.